The van der Waals surface area contributed by atoms with Gasteiger partial charge in [0.1, 0.15) is 6.10 Å². The van der Waals surface area contributed by atoms with Gasteiger partial charge in [0.2, 0.25) is 5.91 Å². The number of carbonyl (C=O) groups excluding carboxylic acids is 1. The Hall–Kier alpha value is -2.92. The summed E-state index contributed by atoms with van der Waals surface area (Å²) in [6, 6.07) is 21.6. The molecule has 1 atom stereocenters. The Morgan fingerprint density at radius 1 is 1.08 bits per heavy atom. The number of nitrogens with zero attached hydrogens (tertiary/aromatic N) is 2. The number of hydrogen-bond acceptors (Lipinski definition) is 4. The van der Waals surface area contributed by atoms with Crippen LogP contribution in [0.25, 0.3) is 11.3 Å². The summed E-state index contributed by atoms with van der Waals surface area (Å²) in [5, 5.41) is 4.05. The molecule has 2 heterocycles. The number of aromatic nitrogens is 1. The van der Waals surface area contributed by atoms with Crippen LogP contribution in [0.15, 0.2) is 71.3 Å². The molecule has 1 fully saturated rings. The lowest BCUT2D eigenvalue weighted by Gasteiger charge is -2.33. The first-order chi connectivity index (χ1) is 12.8. The van der Waals surface area contributed by atoms with Crippen molar-refractivity contribution in [1.82, 2.24) is 10.1 Å². The molecule has 132 valence electrons. The van der Waals surface area contributed by atoms with Gasteiger partial charge < -0.3 is 14.2 Å². The molecule has 0 N–H and O–H groups in total. The number of carbonyl (C=O) groups is 1. The predicted octanol–water partition coefficient (Wildman–Crippen LogP) is 3.48. The summed E-state index contributed by atoms with van der Waals surface area (Å²) in [6.45, 7) is 1.71. The van der Waals surface area contributed by atoms with Crippen LogP contribution in [-0.4, -0.2) is 35.7 Å². The van der Waals surface area contributed by atoms with Crippen molar-refractivity contribution in [3.05, 3.63) is 78.0 Å². The van der Waals surface area contributed by atoms with Gasteiger partial charge in [-0.05, 0) is 5.56 Å². The quantitative estimate of drug-likeness (QED) is 0.724. The third kappa shape index (κ3) is 3.68. The molecule has 1 aliphatic heterocycles. The molecule has 0 bridgehead atoms. The van der Waals surface area contributed by atoms with Crippen molar-refractivity contribution in [1.29, 1.82) is 0 Å². The average Bonchev–Trinajstić information content (AvgIpc) is 3.18. The first-order valence-corrected chi connectivity index (χ1v) is 8.75. The van der Waals surface area contributed by atoms with Crippen LogP contribution in [0.1, 0.15) is 17.4 Å². The van der Waals surface area contributed by atoms with Crippen molar-refractivity contribution in [3.8, 4) is 11.3 Å². The van der Waals surface area contributed by atoms with Gasteiger partial charge in [0.15, 0.2) is 5.76 Å². The van der Waals surface area contributed by atoms with E-state index in [1.165, 1.54) is 0 Å². The Labute approximate surface area is 152 Å². The molecule has 3 aromatic rings. The fourth-order valence-corrected chi connectivity index (χ4v) is 3.15. The molecule has 0 aliphatic carbocycles. The lowest BCUT2D eigenvalue weighted by atomic mass is 10.1. The van der Waals surface area contributed by atoms with Crippen molar-refractivity contribution in [2.24, 2.45) is 0 Å². The summed E-state index contributed by atoms with van der Waals surface area (Å²) in [5.74, 6) is 0.722. The van der Waals surface area contributed by atoms with Crippen LogP contribution in [0.5, 0.6) is 0 Å². The van der Waals surface area contributed by atoms with Crippen LogP contribution in [0.3, 0.4) is 0 Å². The van der Waals surface area contributed by atoms with Crippen LogP contribution in [0, 0.1) is 0 Å². The first-order valence-electron chi connectivity index (χ1n) is 8.75. The summed E-state index contributed by atoms with van der Waals surface area (Å²) in [4.78, 5) is 14.5. The summed E-state index contributed by atoms with van der Waals surface area (Å²) in [5.41, 5.74) is 2.70. The number of hydrogen-bond donors (Lipinski definition) is 0. The maximum Gasteiger partial charge on any atom is 0.228 e. The Morgan fingerprint density at radius 3 is 2.58 bits per heavy atom. The fourth-order valence-electron chi connectivity index (χ4n) is 3.15. The highest BCUT2D eigenvalue weighted by Crippen LogP contribution is 2.23. The zero-order valence-corrected chi connectivity index (χ0v) is 14.4. The zero-order valence-electron chi connectivity index (χ0n) is 14.4. The molecular formula is C21H20N2O3. The monoisotopic (exact) mass is 348 g/mol. The topological polar surface area (TPSA) is 55.6 Å². The summed E-state index contributed by atoms with van der Waals surface area (Å²) in [6.07, 6.45) is 0.156. The van der Waals surface area contributed by atoms with Crippen LogP contribution >= 0.6 is 0 Å². The van der Waals surface area contributed by atoms with E-state index in [2.05, 4.69) is 5.16 Å². The molecule has 1 saturated heterocycles. The van der Waals surface area contributed by atoms with Crippen LogP contribution in [-0.2, 0) is 16.0 Å². The van der Waals surface area contributed by atoms with Crippen molar-refractivity contribution < 1.29 is 14.1 Å². The number of rotatable bonds is 4. The van der Waals surface area contributed by atoms with E-state index >= 15 is 0 Å². The van der Waals surface area contributed by atoms with E-state index in [0.29, 0.717) is 31.2 Å². The molecule has 26 heavy (non-hydrogen) atoms. The molecular weight excluding hydrogens is 328 g/mol. The smallest absolute Gasteiger partial charge is 0.228 e. The maximum atomic E-state index is 12.7. The summed E-state index contributed by atoms with van der Waals surface area (Å²) in [7, 11) is 0. The molecule has 2 aromatic carbocycles. The molecule has 5 heteroatoms. The molecule has 1 aromatic heterocycles. The molecule has 1 aliphatic rings. The van der Waals surface area contributed by atoms with E-state index in [9.17, 15) is 4.79 Å². The largest absolute Gasteiger partial charge is 0.370 e. The normalized spacial score (nSPS) is 17.2. The van der Waals surface area contributed by atoms with Gasteiger partial charge >= 0.3 is 0 Å². The lowest BCUT2D eigenvalue weighted by molar-refractivity contribution is -0.138. The minimum absolute atomic E-state index is 0.0437. The first kappa shape index (κ1) is 16.5. The lowest BCUT2D eigenvalue weighted by Crippen LogP contribution is -2.43. The Bertz CT molecular complexity index is 861. The van der Waals surface area contributed by atoms with Crippen molar-refractivity contribution >= 4 is 5.91 Å². The highest BCUT2D eigenvalue weighted by molar-refractivity contribution is 5.78. The van der Waals surface area contributed by atoms with Crippen molar-refractivity contribution in [3.63, 3.8) is 0 Å². The van der Waals surface area contributed by atoms with Gasteiger partial charge in [0, 0.05) is 18.2 Å². The van der Waals surface area contributed by atoms with Gasteiger partial charge in [-0.1, -0.05) is 65.8 Å². The molecule has 5 nitrogen and oxygen atoms in total. The third-order valence-electron chi connectivity index (χ3n) is 4.54. The molecule has 1 amide bonds. The van der Waals surface area contributed by atoms with Gasteiger partial charge in [-0.3, -0.25) is 4.79 Å². The van der Waals surface area contributed by atoms with Crippen LogP contribution < -0.4 is 0 Å². The van der Waals surface area contributed by atoms with E-state index in [-0.39, 0.29) is 18.4 Å². The van der Waals surface area contributed by atoms with Gasteiger partial charge in [0.25, 0.3) is 0 Å². The SMILES string of the molecule is O=C(Cc1cc(-c2ccccc2)on1)N1CCOC(c2ccccc2)C1. The predicted molar refractivity (Wildman–Crippen MR) is 97.4 cm³/mol. The van der Waals surface area contributed by atoms with E-state index < -0.39 is 0 Å². The number of amides is 1. The van der Waals surface area contributed by atoms with Crippen LogP contribution in [0.2, 0.25) is 0 Å². The van der Waals surface area contributed by atoms with Crippen molar-refractivity contribution in [2.75, 3.05) is 19.7 Å². The summed E-state index contributed by atoms with van der Waals surface area (Å²) >= 11 is 0. The molecule has 4 rings (SSSR count). The Morgan fingerprint density at radius 2 is 1.81 bits per heavy atom. The highest BCUT2D eigenvalue weighted by Gasteiger charge is 2.26. The number of morpholine rings is 1. The van der Waals surface area contributed by atoms with Crippen molar-refractivity contribution in [2.45, 2.75) is 12.5 Å². The highest BCUT2D eigenvalue weighted by atomic mass is 16.5. The molecule has 1 unspecified atom stereocenters. The number of benzene rings is 2. The number of ether oxygens (including phenoxy) is 1. The summed E-state index contributed by atoms with van der Waals surface area (Å²) < 4.78 is 11.2. The second-order valence-electron chi connectivity index (χ2n) is 6.34. The Kier molecular flexibility index (Phi) is 4.80. The van der Waals surface area contributed by atoms with Gasteiger partial charge in [0.05, 0.1) is 25.3 Å². The minimum atomic E-state index is -0.0777. The average molecular weight is 348 g/mol. The van der Waals surface area contributed by atoms with E-state index in [4.69, 9.17) is 9.26 Å². The van der Waals surface area contributed by atoms with E-state index in [0.717, 1.165) is 11.1 Å². The van der Waals surface area contributed by atoms with Crippen LogP contribution in [0.4, 0.5) is 0 Å². The fraction of sp³-hybridized carbons (Fsp3) is 0.238. The van der Waals surface area contributed by atoms with Gasteiger partial charge in [-0.15, -0.1) is 0 Å². The third-order valence-corrected chi connectivity index (χ3v) is 4.54. The van der Waals surface area contributed by atoms with E-state index in [1.54, 1.807) is 0 Å². The molecule has 0 saturated carbocycles. The van der Waals surface area contributed by atoms with Gasteiger partial charge in [-0.25, -0.2) is 0 Å². The minimum Gasteiger partial charge on any atom is -0.370 e. The Balaban J connectivity index is 1.41. The molecule has 0 spiro atoms. The second-order valence-corrected chi connectivity index (χ2v) is 6.34. The molecule has 0 radical (unpaired) electrons. The van der Waals surface area contributed by atoms with E-state index in [1.807, 2.05) is 71.6 Å². The maximum absolute atomic E-state index is 12.7. The zero-order chi connectivity index (χ0) is 17.8. The second kappa shape index (κ2) is 7.54. The van der Waals surface area contributed by atoms with Gasteiger partial charge in [-0.2, -0.15) is 0 Å². The standard InChI is InChI=1S/C21H20N2O3/c24-21(14-18-13-19(26-22-18)16-7-3-1-4-8-16)23-11-12-25-20(15-23)17-9-5-2-6-10-17/h1-10,13,20H,11-12,14-15H2.